The quantitative estimate of drug-likeness (QED) is 0.674. The molecule has 0 aromatic heterocycles. The largest absolute Gasteiger partial charge is 0.507 e. The van der Waals surface area contributed by atoms with Gasteiger partial charge in [0.05, 0.1) is 11.8 Å². The number of hydrogen-bond acceptors (Lipinski definition) is 3. The number of halogens is 2. The molecule has 0 aliphatic heterocycles. The topological polar surface area (TPSA) is 61.7 Å². The Morgan fingerprint density at radius 2 is 1.75 bits per heavy atom. The molecule has 0 fully saturated rings. The first-order valence-electron chi connectivity index (χ1n) is 5.64. The molecular weight excluding hydrogens is 299 g/mol. The number of amides is 1. The highest BCUT2D eigenvalue weighted by Gasteiger charge is 2.10. The van der Waals surface area contributed by atoms with E-state index in [2.05, 4.69) is 10.5 Å². The second-order valence-electron chi connectivity index (χ2n) is 3.91. The fourth-order valence-corrected chi connectivity index (χ4v) is 1.76. The van der Waals surface area contributed by atoms with Crippen LogP contribution in [-0.4, -0.2) is 17.2 Å². The van der Waals surface area contributed by atoms with Crippen LogP contribution >= 0.6 is 23.2 Å². The van der Waals surface area contributed by atoms with E-state index in [0.717, 1.165) is 5.56 Å². The van der Waals surface area contributed by atoms with E-state index >= 15 is 0 Å². The van der Waals surface area contributed by atoms with Crippen molar-refractivity contribution in [2.24, 2.45) is 5.10 Å². The second-order valence-corrected chi connectivity index (χ2v) is 4.79. The van der Waals surface area contributed by atoms with Crippen LogP contribution in [0.25, 0.3) is 0 Å². The molecule has 0 bridgehead atoms. The van der Waals surface area contributed by atoms with Crippen LogP contribution in [-0.2, 0) is 0 Å². The van der Waals surface area contributed by atoms with Gasteiger partial charge in [0.15, 0.2) is 0 Å². The first-order valence-corrected chi connectivity index (χ1v) is 6.39. The van der Waals surface area contributed by atoms with Crippen LogP contribution in [0.5, 0.6) is 5.75 Å². The van der Waals surface area contributed by atoms with Gasteiger partial charge in [-0.1, -0.05) is 35.3 Å². The van der Waals surface area contributed by atoms with Crippen LogP contribution in [0.1, 0.15) is 15.9 Å². The van der Waals surface area contributed by atoms with E-state index in [9.17, 15) is 9.90 Å². The van der Waals surface area contributed by atoms with Crippen LogP contribution in [0.2, 0.25) is 10.0 Å². The number of carbonyl (C=O) groups is 1. The Balaban J connectivity index is 2.05. The lowest BCUT2D eigenvalue weighted by molar-refractivity contribution is 0.0952. The molecule has 2 aromatic carbocycles. The Morgan fingerprint density at radius 3 is 2.45 bits per heavy atom. The van der Waals surface area contributed by atoms with Gasteiger partial charge < -0.3 is 5.11 Å². The summed E-state index contributed by atoms with van der Waals surface area (Å²) in [6.07, 6.45) is 1.47. The van der Waals surface area contributed by atoms with Crippen molar-refractivity contribution in [3.05, 3.63) is 63.6 Å². The summed E-state index contributed by atoms with van der Waals surface area (Å²) in [5, 5.41) is 14.3. The number of phenolic OH excluding ortho intramolecular Hbond substituents is 1. The second kappa shape index (κ2) is 6.41. The lowest BCUT2D eigenvalue weighted by Crippen LogP contribution is -2.17. The molecule has 0 spiro atoms. The predicted molar refractivity (Wildman–Crippen MR) is 79.6 cm³/mol. The van der Waals surface area contributed by atoms with Crippen LogP contribution < -0.4 is 5.43 Å². The smallest absolute Gasteiger partial charge is 0.275 e. The molecule has 1 amide bonds. The molecule has 2 rings (SSSR count). The summed E-state index contributed by atoms with van der Waals surface area (Å²) >= 11 is 11.5. The maximum Gasteiger partial charge on any atom is 0.275 e. The van der Waals surface area contributed by atoms with Gasteiger partial charge in [-0.2, -0.15) is 5.10 Å². The lowest BCUT2D eigenvalue weighted by atomic mass is 10.2. The minimum absolute atomic E-state index is 0.0609. The van der Waals surface area contributed by atoms with Crippen molar-refractivity contribution in [1.29, 1.82) is 0 Å². The zero-order chi connectivity index (χ0) is 14.5. The lowest BCUT2D eigenvalue weighted by Gasteiger charge is -2.03. The number of phenols is 1. The standard InChI is InChI=1S/C14H10Cl2N2O2/c15-10-3-1-9(2-4-10)8-17-18-14(20)12-7-11(16)5-6-13(12)19/h1-8,19H,(H,18,20). The average molecular weight is 309 g/mol. The SMILES string of the molecule is O=C(NN=Cc1ccc(Cl)cc1)c1cc(Cl)ccc1O. The van der Waals surface area contributed by atoms with Crippen molar-refractivity contribution in [3.8, 4) is 5.75 Å². The molecule has 0 saturated carbocycles. The van der Waals surface area contributed by atoms with Gasteiger partial charge in [0.1, 0.15) is 5.75 Å². The first-order chi connectivity index (χ1) is 9.56. The Bertz CT molecular complexity index is 655. The maximum atomic E-state index is 11.8. The highest BCUT2D eigenvalue weighted by atomic mass is 35.5. The zero-order valence-electron chi connectivity index (χ0n) is 10.2. The van der Waals surface area contributed by atoms with E-state index in [1.54, 1.807) is 24.3 Å². The molecule has 0 aliphatic carbocycles. The molecular formula is C14H10Cl2N2O2. The summed E-state index contributed by atoms with van der Waals surface area (Å²) in [5.41, 5.74) is 3.15. The third-order valence-corrected chi connectivity index (χ3v) is 2.94. The number of rotatable bonds is 3. The van der Waals surface area contributed by atoms with E-state index in [-0.39, 0.29) is 11.3 Å². The Morgan fingerprint density at radius 1 is 1.10 bits per heavy atom. The molecule has 2 aromatic rings. The Kier molecular flexibility index (Phi) is 4.61. The van der Waals surface area contributed by atoms with Gasteiger partial charge in [-0.05, 0) is 35.9 Å². The predicted octanol–water partition coefficient (Wildman–Crippen LogP) is 3.46. The van der Waals surface area contributed by atoms with Crippen LogP contribution in [0.4, 0.5) is 0 Å². The minimum Gasteiger partial charge on any atom is -0.507 e. The fraction of sp³-hybridized carbons (Fsp3) is 0. The Labute approximate surface area is 125 Å². The highest BCUT2D eigenvalue weighted by Crippen LogP contribution is 2.21. The number of hydrogen-bond donors (Lipinski definition) is 2. The van der Waals surface area contributed by atoms with Crippen molar-refractivity contribution in [2.75, 3.05) is 0 Å². The molecule has 0 atom stereocenters. The summed E-state index contributed by atoms with van der Waals surface area (Å²) in [6.45, 7) is 0. The van der Waals surface area contributed by atoms with Gasteiger partial charge in [0, 0.05) is 10.0 Å². The monoisotopic (exact) mass is 308 g/mol. The molecule has 6 heteroatoms. The normalized spacial score (nSPS) is 10.7. The molecule has 4 nitrogen and oxygen atoms in total. The van der Waals surface area contributed by atoms with E-state index in [4.69, 9.17) is 23.2 Å². The number of nitrogens with one attached hydrogen (secondary N) is 1. The van der Waals surface area contributed by atoms with E-state index in [1.807, 2.05) is 0 Å². The zero-order valence-corrected chi connectivity index (χ0v) is 11.7. The van der Waals surface area contributed by atoms with Crippen LogP contribution in [0.15, 0.2) is 47.6 Å². The van der Waals surface area contributed by atoms with Crippen LogP contribution in [0.3, 0.4) is 0 Å². The van der Waals surface area contributed by atoms with Gasteiger partial charge in [-0.3, -0.25) is 4.79 Å². The highest BCUT2D eigenvalue weighted by molar-refractivity contribution is 6.31. The van der Waals surface area contributed by atoms with E-state index in [1.165, 1.54) is 24.4 Å². The van der Waals surface area contributed by atoms with Crippen molar-refractivity contribution in [2.45, 2.75) is 0 Å². The molecule has 0 aliphatic rings. The maximum absolute atomic E-state index is 11.8. The number of aromatic hydroxyl groups is 1. The number of carbonyl (C=O) groups excluding carboxylic acids is 1. The molecule has 0 radical (unpaired) electrons. The van der Waals surface area contributed by atoms with Gasteiger partial charge >= 0.3 is 0 Å². The van der Waals surface area contributed by atoms with Crippen molar-refractivity contribution in [1.82, 2.24) is 5.43 Å². The first kappa shape index (κ1) is 14.4. The van der Waals surface area contributed by atoms with Crippen molar-refractivity contribution in [3.63, 3.8) is 0 Å². The van der Waals surface area contributed by atoms with Crippen LogP contribution in [0, 0.1) is 0 Å². The van der Waals surface area contributed by atoms with Gasteiger partial charge in [-0.25, -0.2) is 5.43 Å². The summed E-state index contributed by atoms with van der Waals surface area (Å²) in [4.78, 5) is 11.8. The number of hydrazone groups is 1. The summed E-state index contributed by atoms with van der Waals surface area (Å²) < 4.78 is 0. The summed E-state index contributed by atoms with van der Waals surface area (Å²) in [5.74, 6) is -0.705. The summed E-state index contributed by atoms with van der Waals surface area (Å²) in [6, 6.07) is 11.2. The number of benzene rings is 2. The fourth-order valence-electron chi connectivity index (χ4n) is 1.46. The minimum atomic E-state index is -0.546. The molecule has 0 heterocycles. The van der Waals surface area contributed by atoms with E-state index < -0.39 is 5.91 Å². The molecule has 20 heavy (non-hydrogen) atoms. The van der Waals surface area contributed by atoms with Gasteiger partial charge in [-0.15, -0.1) is 0 Å². The number of nitrogens with zero attached hydrogens (tertiary/aromatic N) is 1. The Hall–Kier alpha value is -2.04. The molecule has 102 valence electrons. The third kappa shape index (κ3) is 3.73. The summed E-state index contributed by atoms with van der Waals surface area (Å²) in [7, 11) is 0. The third-order valence-electron chi connectivity index (χ3n) is 2.45. The van der Waals surface area contributed by atoms with E-state index in [0.29, 0.717) is 10.0 Å². The van der Waals surface area contributed by atoms with Gasteiger partial charge in [0.25, 0.3) is 5.91 Å². The van der Waals surface area contributed by atoms with Gasteiger partial charge in [0.2, 0.25) is 0 Å². The van der Waals surface area contributed by atoms with Crippen molar-refractivity contribution >= 4 is 35.3 Å². The van der Waals surface area contributed by atoms with Crippen molar-refractivity contribution < 1.29 is 9.90 Å². The molecule has 2 N–H and O–H groups in total. The average Bonchev–Trinajstić information content (AvgIpc) is 2.43. The molecule has 0 unspecified atom stereocenters. The molecule has 0 saturated heterocycles.